The van der Waals surface area contributed by atoms with E-state index in [1.54, 1.807) is 0 Å². The summed E-state index contributed by atoms with van der Waals surface area (Å²) in [5.74, 6) is 0. The molecule has 0 spiro atoms. The molecule has 1 aliphatic heterocycles. The molecule has 0 saturated carbocycles. The maximum Gasteiger partial charge on any atom is 0.235 e. The standard InChI is InChI=1S/C18H20N2O4/c21-17-12-11-16(20(22)23)18(15-9-5-2-6-10-15)19(17)24-13-14-7-3-1-4-8-14/h1-10,16-18,21H,11-13H2/t16-,17+,18+/m0/s1. The molecule has 1 heterocycles. The van der Waals surface area contributed by atoms with Crippen LogP contribution < -0.4 is 0 Å². The molecule has 0 amide bonds. The van der Waals surface area contributed by atoms with Crippen LogP contribution in [0.3, 0.4) is 0 Å². The molecule has 126 valence electrons. The zero-order valence-electron chi connectivity index (χ0n) is 13.2. The molecule has 0 unspecified atom stereocenters. The second kappa shape index (κ2) is 7.53. The van der Waals surface area contributed by atoms with Crippen LogP contribution in [0.2, 0.25) is 0 Å². The third-order valence-electron chi connectivity index (χ3n) is 4.29. The van der Waals surface area contributed by atoms with Crippen LogP contribution in [-0.2, 0) is 11.4 Å². The smallest absolute Gasteiger partial charge is 0.235 e. The van der Waals surface area contributed by atoms with Gasteiger partial charge in [0.15, 0.2) is 0 Å². The van der Waals surface area contributed by atoms with E-state index in [0.717, 1.165) is 11.1 Å². The quantitative estimate of drug-likeness (QED) is 0.674. The molecule has 3 rings (SSSR count). The molecule has 6 nitrogen and oxygen atoms in total. The fraction of sp³-hybridized carbons (Fsp3) is 0.333. The van der Waals surface area contributed by atoms with Gasteiger partial charge in [0.1, 0.15) is 12.3 Å². The first kappa shape index (κ1) is 16.6. The predicted octanol–water partition coefficient (Wildman–Crippen LogP) is 2.92. The lowest BCUT2D eigenvalue weighted by Crippen LogP contribution is -2.50. The summed E-state index contributed by atoms with van der Waals surface area (Å²) in [7, 11) is 0. The average molecular weight is 328 g/mol. The van der Waals surface area contributed by atoms with Gasteiger partial charge in [-0.3, -0.25) is 15.0 Å². The molecule has 2 aromatic carbocycles. The van der Waals surface area contributed by atoms with Gasteiger partial charge in [-0.2, -0.15) is 0 Å². The number of hydrogen-bond acceptors (Lipinski definition) is 5. The fourth-order valence-electron chi connectivity index (χ4n) is 3.09. The van der Waals surface area contributed by atoms with Crippen LogP contribution in [0.4, 0.5) is 0 Å². The predicted molar refractivity (Wildman–Crippen MR) is 88.3 cm³/mol. The lowest BCUT2D eigenvalue weighted by Gasteiger charge is -2.39. The topological polar surface area (TPSA) is 75.8 Å². The third-order valence-corrected chi connectivity index (χ3v) is 4.29. The van der Waals surface area contributed by atoms with Crippen molar-refractivity contribution in [1.29, 1.82) is 0 Å². The van der Waals surface area contributed by atoms with Gasteiger partial charge < -0.3 is 5.11 Å². The summed E-state index contributed by atoms with van der Waals surface area (Å²) in [6.45, 7) is 0.256. The number of hydroxylamine groups is 2. The fourth-order valence-corrected chi connectivity index (χ4v) is 3.09. The summed E-state index contributed by atoms with van der Waals surface area (Å²) in [5, 5.41) is 23.3. The van der Waals surface area contributed by atoms with E-state index in [9.17, 15) is 15.2 Å². The Morgan fingerprint density at radius 2 is 1.71 bits per heavy atom. The summed E-state index contributed by atoms with van der Waals surface area (Å²) in [6, 6.07) is 17.3. The van der Waals surface area contributed by atoms with Gasteiger partial charge in [-0.05, 0) is 17.5 Å². The summed E-state index contributed by atoms with van der Waals surface area (Å²) in [6.07, 6.45) is -0.238. The van der Waals surface area contributed by atoms with Crippen molar-refractivity contribution < 1.29 is 14.9 Å². The zero-order chi connectivity index (χ0) is 16.9. The van der Waals surface area contributed by atoms with Crippen LogP contribution in [0.1, 0.15) is 30.0 Å². The molecule has 1 aliphatic rings. The number of nitro groups is 1. The van der Waals surface area contributed by atoms with E-state index in [0.29, 0.717) is 12.8 Å². The van der Waals surface area contributed by atoms with E-state index >= 15 is 0 Å². The number of hydrogen-bond donors (Lipinski definition) is 1. The van der Waals surface area contributed by atoms with Gasteiger partial charge in [-0.1, -0.05) is 60.7 Å². The summed E-state index contributed by atoms with van der Waals surface area (Å²) in [4.78, 5) is 17.0. The van der Waals surface area contributed by atoms with Gasteiger partial charge in [0.2, 0.25) is 6.04 Å². The molecule has 3 atom stereocenters. The number of benzene rings is 2. The summed E-state index contributed by atoms with van der Waals surface area (Å²) < 4.78 is 0. The molecule has 0 aliphatic carbocycles. The Bertz CT molecular complexity index is 665. The molecule has 1 N–H and O–H groups in total. The minimum absolute atomic E-state index is 0.256. The first-order chi connectivity index (χ1) is 11.7. The lowest BCUT2D eigenvalue weighted by molar-refractivity contribution is -0.548. The van der Waals surface area contributed by atoms with Crippen molar-refractivity contribution in [2.24, 2.45) is 0 Å². The maximum absolute atomic E-state index is 11.5. The minimum Gasteiger partial charge on any atom is -0.376 e. The van der Waals surface area contributed by atoms with E-state index in [-0.39, 0.29) is 11.5 Å². The number of aliphatic hydroxyl groups is 1. The molecule has 0 radical (unpaired) electrons. The molecule has 0 aromatic heterocycles. The van der Waals surface area contributed by atoms with Gasteiger partial charge in [0.05, 0.1) is 6.61 Å². The van der Waals surface area contributed by atoms with Gasteiger partial charge in [0.25, 0.3) is 0 Å². The van der Waals surface area contributed by atoms with Gasteiger partial charge in [-0.25, -0.2) is 0 Å². The molecule has 1 saturated heterocycles. The molecule has 6 heteroatoms. The molecule has 2 aromatic rings. The van der Waals surface area contributed by atoms with Crippen molar-refractivity contribution >= 4 is 0 Å². The van der Waals surface area contributed by atoms with Crippen LogP contribution in [-0.4, -0.2) is 27.4 Å². The molecule has 0 bridgehead atoms. The monoisotopic (exact) mass is 328 g/mol. The van der Waals surface area contributed by atoms with Crippen LogP contribution in [0.25, 0.3) is 0 Å². The highest BCUT2D eigenvalue weighted by Gasteiger charge is 2.45. The normalized spacial score (nSPS) is 24.6. The Labute approximate surface area is 140 Å². The molecule has 1 fully saturated rings. The molecular formula is C18H20N2O4. The van der Waals surface area contributed by atoms with Crippen molar-refractivity contribution in [3.8, 4) is 0 Å². The molecular weight excluding hydrogens is 308 g/mol. The Hall–Kier alpha value is -2.28. The Kier molecular flexibility index (Phi) is 5.20. The number of nitrogens with zero attached hydrogens (tertiary/aromatic N) is 2. The second-order valence-corrected chi connectivity index (χ2v) is 5.89. The molecule has 24 heavy (non-hydrogen) atoms. The highest BCUT2D eigenvalue weighted by Crippen LogP contribution is 2.36. The summed E-state index contributed by atoms with van der Waals surface area (Å²) >= 11 is 0. The van der Waals surface area contributed by atoms with Crippen LogP contribution in [0, 0.1) is 10.1 Å². The largest absolute Gasteiger partial charge is 0.376 e. The van der Waals surface area contributed by atoms with Crippen molar-refractivity contribution in [1.82, 2.24) is 5.06 Å². The SMILES string of the molecule is O=[N+]([O-])[C@H]1CC[C@@H](O)N(OCc2ccccc2)[C@@H]1c1ccccc1. The van der Waals surface area contributed by atoms with Gasteiger partial charge in [0, 0.05) is 11.3 Å². The minimum atomic E-state index is -0.866. The van der Waals surface area contributed by atoms with Crippen molar-refractivity contribution in [3.05, 3.63) is 81.9 Å². The van der Waals surface area contributed by atoms with Crippen LogP contribution in [0.5, 0.6) is 0 Å². The van der Waals surface area contributed by atoms with Crippen molar-refractivity contribution in [2.45, 2.75) is 37.8 Å². The summed E-state index contributed by atoms with van der Waals surface area (Å²) in [5.41, 5.74) is 1.71. The maximum atomic E-state index is 11.5. The zero-order valence-corrected chi connectivity index (χ0v) is 13.2. The third kappa shape index (κ3) is 3.62. The van der Waals surface area contributed by atoms with Crippen molar-refractivity contribution in [2.75, 3.05) is 0 Å². The van der Waals surface area contributed by atoms with Gasteiger partial charge in [-0.15, -0.1) is 5.06 Å². The Balaban J connectivity index is 1.85. The second-order valence-electron chi connectivity index (χ2n) is 5.89. The van der Waals surface area contributed by atoms with E-state index < -0.39 is 18.3 Å². The number of aliphatic hydroxyl groups excluding tert-OH is 1. The first-order valence-electron chi connectivity index (χ1n) is 7.98. The van der Waals surface area contributed by atoms with E-state index in [1.165, 1.54) is 5.06 Å². The van der Waals surface area contributed by atoms with Crippen molar-refractivity contribution in [3.63, 3.8) is 0 Å². The lowest BCUT2D eigenvalue weighted by atomic mass is 9.91. The van der Waals surface area contributed by atoms with E-state index in [4.69, 9.17) is 4.84 Å². The van der Waals surface area contributed by atoms with Crippen LogP contribution in [0.15, 0.2) is 60.7 Å². The van der Waals surface area contributed by atoms with Crippen LogP contribution >= 0.6 is 0 Å². The van der Waals surface area contributed by atoms with Gasteiger partial charge >= 0.3 is 0 Å². The Morgan fingerprint density at radius 3 is 2.33 bits per heavy atom. The number of piperidine rings is 1. The number of rotatable bonds is 5. The van der Waals surface area contributed by atoms with E-state index in [1.807, 2.05) is 60.7 Å². The van der Waals surface area contributed by atoms with E-state index in [2.05, 4.69) is 0 Å². The highest BCUT2D eigenvalue weighted by atomic mass is 16.7. The Morgan fingerprint density at radius 1 is 1.08 bits per heavy atom. The first-order valence-corrected chi connectivity index (χ1v) is 7.98. The average Bonchev–Trinajstić information content (AvgIpc) is 2.61. The highest BCUT2D eigenvalue weighted by molar-refractivity contribution is 5.21.